The molecule has 0 bridgehead atoms. The minimum absolute atomic E-state index is 0.0419. The molecular weight excluding hydrogens is 408 g/mol. The largest absolute Gasteiger partial charge is 0.393 e. The Kier molecular flexibility index (Phi) is 6.60. The SMILES string of the molecule is C[C@H](CCC=C(CO)CO)[C@H]1CC[C@@]2(C)C3=CC[C@@H]4C(C)(C)[C@@H](O)CC[C@]4(C)C3=CC[C@]12C. The van der Waals surface area contributed by atoms with E-state index >= 15 is 0 Å². The van der Waals surface area contributed by atoms with Crippen molar-refractivity contribution in [1.82, 2.24) is 0 Å². The zero-order valence-electron chi connectivity index (χ0n) is 22.0. The highest BCUT2D eigenvalue weighted by Gasteiger charge is 2.62. The molecule has 4 aliphatic carbocycles. The zero-order chi connectivity index (χ0) is 24.2. The van der Waals surface area contributed by atoms with Gasteiger partial charge in [-0.25, -0.2) is 0 Å². The average Bonchev–Trinajstić information content (AvgIpc) is 3.05. The third-order valence-electron chi connectivity index (χ3n) is 11.4. The third-order valence-corrected chi connectivity index (χ3v) is 11.4. The maximum Gasteiger partial charge on any atom is 0.0663 e. The van der Waals surface area contributed by atoms with Crippen molar-refractivity contribution in [3.05, 3.63) is 34.9 Å². The second kappa shape index (κ2) is 8.64. The Bertz CT molecular complexity index is 845. The predicted molar refractivity (Wildman–Crippen MR) is 136 cm³/mol. The quantitative estimate of drug-likeness (QED) is 0.417. The normalized spacial score (nSPS) is 42.4. The van der Waals surface area contributed by atoms with Crippen molar-refractivity contribution in [2.24, 2.45) is 39.4 Å². The van der Waals surface area contributed by atoms with E-state index in [2.05, 4.69) is 53.7 Å². The molecule has 0 spiro atoms. The molecule has 2 fully saturated rings. The van der Waals surface area contributed by atoms with E-state index < -0.39 is 0 Å². The van der Waals surface area contributed by atoms with Crippen molar-refractivity contribution in [2.75, 3.05) is 13.2 Å². The molecule has 0 aliphatic heterocycles. The summed E-state index contributed by atoms with van der Waals surface area (Å²) in [5.74, 6) is 1.82. The maximum atomic E-state index is 10.8. The van der Waals surface area contributed by atoms with E-state index in [0.29, 0.717) is 17.8 Å². The van der Waals surface area contributed by atoms with Crippen LogP contribution in [0.25, 0.3) is 0 Å². The van der Waals surface area contributed by atoms with Gasteiger partial charge in [0.25, 0.3) is 0 Å². The Morgan fingerprint density at radius 2 is 1.73 bits per heavy atom. The molecule has 0 saturated heterocycles. The van der Waals surface area contributed by atoms with E-state index in [-0.39, 0.29) is 41.0 Å². The fraction of sp³-hybridized carbons (Fsp3) is 0.800. The molecule has 33 heavy (non-hydrogen) atoms. The third kappa shape index (κ3) is 3.64. The van der Waals surface area contributed by atoms with Crippen LogP contribution in [0.1, 0.15) is 92.9 Å². The van der Waals surface area contributed by atoms with Crippen molar-refractivity contribution < 1.29 is 15.3 Å². The van der Waals surface area contributed by atoms with Crippen LogP contribution < -0.4 is 0 Å². The summed E-state index contributed by atoms with van der Waals surface area (Å²) >= 11 is 0. The molecule has 0 aromatic carbocycles. The van der Waals surface area contributed by atoms with Gasteiger partial charge in [-0.05, 0) is 107 Å². The Labute approximate surface area is 202 Å². The molecule has 0 heterocycles. The smallest absolute Gasteiger partial charge is 0.0663 e. The Hall–Kier alpha value is -0.900. The monoisotopic (exact) mass is 456 g/mol. The summed E-state index contributed by atoms with van der Waals surface area (Å²) in [7, 11) is 0. The highest BCUT2D eigenvalue weighted by molar-refractivity contribution is 5.49. The number of hydrogen-bond acceptors (Lipinski definition) is 3. The lowest BCUT2D eigenvalue weighted by Crippen LogP contribution is -2.54. The molecule has 0 aromatic heterocycles. The molecule has 3 N–H and O–H groups in total. The molecule has 4 aliphatic rings. The van der Waals surface area contributed by atoms with E-state index in [9.17, 15) is 15.3 Å². The van der Waals surface area contributed by atoms with Crippen LogP contribution in [0.15, 0.2) is 34.9 Å². The van der Waals surface area contributed by atoms with Crippen LogP contribution in [-0.2, 0) is 0 Å². The van der Waals surface area contributed by atoms with Crippen LogP contribution in [0, 0.1) is 39.4 Å². The molecule has 0 unspecified atom stereocenters. The van der Waals surface area contributed by atoms with E-state index in [1.807, 2.05) is 6.08 Å². The van der Waals surface area contributed by atoms with Crippen molar-refractivity contribution >= 4 is 0 Å². The van der Waals surface area contributed by atoms with E-state index in [1.54, 1.807) is 11.1 Å². The lowest BCUT2D eigenvalue weighted by atomic mass is 9.44. The summed E-state index contributed by atoms with van der Waals surface area (Å²) in [6, 6.07) is 0. The maximum absolute atomic E-state index is 10.8. The number of aliphatic hydroxyl groups excluding tert-OH is 3. The van der Waals surface area contributed by atoms with E-state index in [4.69, 9.17) is 0 Å². The molecule has 7 atom stereocenters. The topological polar surface area (TPSA) is 60.7 Å². The Balaban J connectivity index is 1.60. The van der Waals surface area contributed by atoms with Crippen LogP contribution in [-0.4, -0.2) is 34.6 Å². The number of hydrogen-bond donors (Lipinski definition) is 3. The fourth-order valence-corrected chi connectivity index (χ4v) is 8.87. The summed E-state index contributed by atoms with van der Waals surface area (Å²) in [6.45, 7) is 14.5. The average molecular weight is 457 g/mol. The van der Waals surface area contributed by atoms with Crippen LogP contribution in [0.5, 0.6) is 0 Å². The Morgan fingerprint density at radius 1 is 1.03 bits per heavy atom. The first kappa shape index (κ1) is 25.2. The molecule has 0 aromatic rings. The number of fused-ring (bicyclic) bond motifs is 5. The van der Waals surface area contributed by atoms with Gasteiger partial charge in [0.05, 0.1) is 19.3 Å². The molecule has 3 heteroatoms. The number of allylic oxidation sites excluding steroid dienone is 5. The van der Waals surface area contributed by atoms with Crippen molar-refractivity contribution in [3.8, 4) is 0 Å². The van der Waals surface area contributed by atoms with Gasteiger partial charge in [-0.1, -0.05) is 59.8 Å². The molecule has 0 radical (unpaired) electrons. The van der Waals surface area contributed by atoms with Crippen LogP contribution >= 0.6 is 0 Å². The number of aliphatic hydroxyl groups is 3. The highest BCUT2D eigenvalue weighted by atomic mass is 16.3. The van der Waals surface area contributed by atoms with Crippen molar-refractivity contribution in [2.45, 2.75) is 99.0 Å². The first-order chi connectivity index (χ1) is 15.5. The number of rotatable bonds is 6. The minimum Gasteiger partial charge on any atom is -0.393 e. The van der Waals surface area contributed by atoms with Gasteiger partial charge in [0, 0.05) is 0 Å². The van der Waals surface area contributed by atoms with Crippen molar-refractivity contribution in [3.63, 3.8) is 0 Å². The van der Waals surface area contributed by atoms with Gasteiger partial charge in [0.2, 0.25) is 0 Å². The summed E-state index contributed by atoms with van der Waals surface area (Å²) in [5, 5.41) is 29.5. The first-order valence-electron chi connectivity index (χ1n) is 13.4. The molecule has 2 saturated carbocycles. The van der Waals surface area contributed by atoms with Gasteiger partial charge >= 0.3 is 0 Å². The molecular formula is C30H48O3. The molecule has 4 rings (SSSR count). The van der Waals surface area contributed by atoms with Gasteiger partial charge < -0.3 is 15.3 Å². The molecule has 186 valence electrons. The van der Waals surface area contributed by atoms with Gasteiger partial charge in [-0.3, -0.25) is 0 Å². The summed E-state index contributed by atoms with van der Waals surface area (Å²) in [5.41, 5.74) is 4.63. The van der Waals surface area contributed by atoms with Crippen LogP contribution in [0.2, 0.25) is 0 Å². The van der Waals surface area contributed by atoms with Gasteiger partial charge in [0.1, 0.15) is 0 Å². The zero-order valence-corrected chi connectivity index (χ0v) is 22.0. The van der Waals surface area contributed by atoms with Crippen molar-refractivity contribution in [1.29, 1.82) is 0 Å². The van der Waals surface area contributed by atoms with Gasteiger partial charge in [-0.15, -0.1) is 0 Å². The highest BCUT2D eigenvalue weighted by Crippen LogP contribution is 2.71. The summed E-state index contributed by atoms with van der Waals surface area (Å²) in [6.07, 6.45) is 15.9. The Morgan fingerprint density at radius 3 is 2.39 bits per heavy atom. The second-order valence-corrected chi connectivity index (χ2v) is 13.1. The summed E-state index contributed by atoms with van der Waals surface area (Å²) in [4.78, 5) is 0. The van der Waals surface area contributed by atoms with Crippen LogP contribution in [0.3, 0.4) is 0 Å². The first-order valence-corrected chi connectivity index (χ1v) is 13.4. The second-order valence-electron chi connectivity index (χ2n) is 13.1. The predicted octanol–water partition coefficient (Wildman–Crippen LogP) is 6.20. The summed E-state index contributed by atoms with van der Waals surface area (Å²) < 4.78 is 0. The standard InChI is InChI=1S/C30H48O3/c1-20(8-7-9-21(18-31)19-32)22-12-16-30(6)24-10-11-25-27(2,3)26(33)14-15-28(25,4)23(24)13-17-29(22,30)5/h9-10,13,20,22,25-26,31-33H,7-8,11-12,14-19H2,1-6H3/t20-,22-,25-,26+,28-,29-,30+/m1/s1. The minimum atomic E-state index is -0.196. The van der Waals surface area contributed by atoms with Gasteiger partial charge in [0.15, 0.2) is 0 Å². The molecule has 0 amide bonds. The van der Waals surface area contributed by atoms with Crippen LogP contribution in [0.4, 0.5) is 0 Å². The lowest BCUT2D eigenvalue weighted by molar-refractivity contribution is -0.0851. The van der Waals surface area contributed by atoms with Gasteiger partial charge in [-0.2, -0.15) is 0 Å². The fourth-order valence-electron chi connectivity index (χ4n) is 8.87. The molecule has 3 nitrogen and oxygen atoms in total. The van der Waals surface area contributed by atoms with E-state index in [0.717, 1.165) is 44.1 Å². The lowest BCUT2D eigenvalue weighted by Gasteiger charge is -2.61. The van der Waals surface area contributed by atoms with E-state index in [1.165, 1.54) is 12.8 Å².